The Morgan fingerprint density at radius 3 is 2.77 bits per heavy atom. The zero-order valence-corrected chi connectivity index (χ0v) is 13.4. The summed E-state index contributed by atoms with van der Waals surface area (Å²) < 4.78 is 1.55. The molecule has 4 nitrogen and oxygen atoms in total. The normalized spacial score (nSPS) is 11.6. The summed E-state index contributed by atoms with van der Waals surface area (Å²) in [6, 6.07) is 7.22. The van der Waals surface area contributed by atoms with E-state index < -0.39 is 5.54 Å². The molecule has 1 aromatic heterocycles. The Bertz CT molecular complexity index is 788. The van der Waals surface area contributed by atoms with Crippen LogP contribution in [0.5, 0.6) is 0 Å². The Hall–Kier alpha value is -1.80. The van der Waals surface area contributed by atoms with Gasteiger partial charge in [0.15, 0.2) is 0 Å². The Balaban J connectivity index is 2.52. The molecule has 116 valence electrons. The molecule has 22 heavy (non-hydrogen) atoms. The van der Waals surface area contributed by atoms with Crippen LogP contribution < -0.4 is 10.9 Å². The van der Waals surface area contributed by atoms with Gasteiger partial charge >= 0.3 is 0 Å². The molecule has 2 aromatic rings. The lowest BCUT2D eigenvalue weighted by Gasteiger charge is -2.23. The van der Waals surface area contributed by atoms with E-state index in [0.29, 0.717) is 17.1 Å². The third kappa shape index (κ3) is 3.50. The first-order valence-corrected chi connectivity index (χ1v) is 7.37. The summed E-state index contributed by atoms with van der Waals surface area (Å²) in [5.74, 6) is 2.51. The predicted octanol–water partition coefficient (Wildman–Crippen LogP) is 2.15. The number of fused-ring (bicyclic) bond motifs is 1. The van der Waals surface area contributed by atoms with Gasteiger partial charge in [0.2, 0.25) is 0 Å². The van der Waals surface area contributed by atoms with Crippen LogP contribution in [0.4, 0.5) is 0 Å². The summed E-state index contributed by atoms with van der Waals surface area (Å²) >= 11 is 6.02. The zero-order chi connectivity index (χ0) is 16.3. The second-order valence-electron chi connectivity index (χ2n) is 5.86. The van der Waals surface area contributed by atoms with E-state index >= 15 is 0 Å². The van der Waals surface area contributed by atoms with E-state index in [4.69, 9.17) is 18.0 Å². The lowest BCUT2D eigenvalue weighted by Crippen LogP contribution is -2.43. The van der Waals surface area contributed by atoms with E-state index in [2.05, 4.69) is 11.2 Å². The molecule has 0 saturated heterocycles. The molecular formula is C17H19ClN2O2. The molecule has 0 atom stereocenters. The van der Waals surface area contributed by atoms with E-state index in [-0.39, 0.29) is 18.7 Å². The van der Waals surface area contributed by atoms with Crippen LogP contribution in [0.3, 0.4) is 0 Å². The van der Waals surface area contributed by atoms with Crippen LogP contribution in [0.25, 0.3) is 10.9 Å². The van der Waals surface area contributed by atoms with Crippen molar-refractivity contribution in [3.63, 3.8) is 0 Å². The van der Waals surface area contributed by atoms with Gasteiger partial charge in [0.25, 0.3) is 5.56 Å². The van der Waals surface area contributed by atoms with Crippen molar-refractivity contribution < 1.29 is 5.11 Å². The van der Waals surface area contributed by atoms with Crippen LogP contribution in [-0.2, 0) is 13.1 Å². The molecule has 0 bridgehead atoms. The maximum atomic E-state index is 12.6. The van der Waals surface area contributed by atoms with Gasteiger partial charge in [0.05, 0.1) is 18.7 Å². The van der Waals surface area contributed by atoms with Crippen LogP contribution >= 0.6 is 11.6 Å². The second kappa shape index (κ2) is 6.53. The van der Waals surface area contributed by atoms with Gasteiger partial charge in [0.1, 0.15) is 0 Å². The molecule has 5 heteroatoms. The minimum Gasteiger partial charge on any atom is -0.394 e. The number of hydrogen-bond acceptors (Lipinski definition) is 3. The molecule has 0 fully saturated rings. The van der Waals surface area contributed by atoms with Gasteiger partial charge in [-0.05, 0) is 37.4 Å². The third-order valence-corrected chi connectivity index (χ3v) is 3.77. The maximum Gasteiger partial charge on any atom is 0.256 e. The van der Waals surface area contributed by atoms with Crippen molar-refractivity contribution in [2.45, 2.75) is 32.5 Å². The van der Waals surface area contributed by atoms with Gasteiger partial charge in [-0.3, -0.25) is 9.36 Å². The number of rotatable bonds is 5. The lowest BCUT2D eigenvalue weighted by molar-refractivity contribution is 0.187. The summed E-state index contributed by atoms with van der Waals surface area (Å²) in [5, 5.41) is 13.9. The summed E-state index contributed by atoms with van der Waals surface area (Å²) in [6.45, 7) is 4.26. The van der Waals surface area contributed by atoms with Crippen molar-refractivity contribution in [3.8, 4) is 12.3 Å². The number of nitrogens with zero attached hydrogens (tertiary/aromatic N) is 1. The maximum absolute atomic E-state index is 12.6. The van der Waals surface area contributed by atoms with Crippen LogP contribution in [0, 0.1) is 12.3 Å². The number of terminal acetylenes is 1. The molecule has 0 amide bonds. The number of benzene rings is 1. The molecule has 0 saturated carbocycles. The molecule has 0 aliphatic heterocycles. The molecule has 1 heterocycles. The van der Waals surface area contributed by atoms with E-state index in [0.717, 1.165) is 10.9 Å². The molecule has 0 aliphatic carbocycles. The highest BCUT2D eigenvalue weighted by Crippen LogP contribution is 2.19. The van der Waals surface area contributed by atoms with Gasteiger partial charge in [-0.1, -0.05) is 23.6 Å². The minimum absolute atomic E-state index is 0.0191. The fraction of sp³-hybridized carbons (Fsp3) is 0.353. The highest BCUT2D eigenvalue weighted by atomic mass is 35.5. The minimum atomic E-state index is -0.460. The molecule has 0 unspecified atom stereocenters. The van der Waals surface area contributed by atoms with Gasteiger partial charge in [-0.15, -0.1) is 6.42 Å². The van der Waals surface area contributed by atoms with Crippen molar-refractivity contribution in [2.24, 2.45) is 0 Å². The highest BCUT2D eigenvalue weighted by Gasteiger charge is 2.17. The monoisotopic (exact) mass is 318 g/mol. The van der Waals surface area contributed by atoms with E-state index in [1.165, 1.54) is 0 Å². The second-order valence-corrected chi connectivity index (χ2v) is 6.30. The van der Waals surface area contributed by atoms with Crippen LogP contribution in [-0.4, -0.2) is 21.8 Å². The summed E-state index contributed by atoms with van der Waals surface area (Å²) in [4.78, 5) is 12.6. The Labute approximate surface area is 134 Å². The van der Waals surface area contributed by atoms with E-state index in [1.807, 2.05) is 26.0 Å². The molecular weight excluding hydrogens is 300 g/mol. The first-order chi connectivity index (χ1) is 10.4. The van der Waals surface area contributed by atoms with Crippen molar-refractivity contribution in [3.05, 3.63) is 45.2 Å². The van der Waals surface area contributed by atoms with Crippen LogP contribution in [0.1, 0.15) is 19.4 Å². The third-order valence-electron chi connectivity index (χ3n) is 3.53. The molecule has 2 rings (SSSR count). The molecule has 0 spiro atoms. The first-order valence-electron chi connectivity index (χ1n) is 6.99. The average Bonchev–Trinajstić information content (AvgIpc) is 2.49. The number of aliphatic hydroxyl groups excluding tert-OH is 1. The van der Waals surface area contributed by atoms with Gasteiger partial charge < -0.3 is 10.4 Å². The van der Waals surface area contributed by atoms with Gasteiger partial charge in [-0.2, -0.15) is 0 Å². The zero-order valence-electron chi connectivity index (χ0n) is 12.7. The van der Waals surface area contributed by atoms with Crippen molar-refractivity contribution in [2.75, 3.05) is 6.61 Å². The fourth-order valence-corrected chi connectivity index (χ4v) is 2.34. The van der Waals surface area contributed by atoms with Crippen LogP contribution in [0.15, 0.2) is 29.1 Å². The number of aliphatic hydroxyl groups is 1. The average molecular weight is 319 g/mol. The molecule has 1 aromatic carbocycles. The number of halogens is 1. The first kappa shape index (κ1) is 16.6. The number of nitrogens with one attached hydrogen (secondary N) is 1. The Morgan fingerprint density at radius 2 is 2.14 bits per heavy atom. The van der Waals surface area contributed by atoms with Crippen molar-refractivity contribution in [1.82, 2.24) is 9.88 Å². The lowest BCUT2D eigenvalue weighted by atomic mass is 10.1. The van der Waals surface area contributed by atoms with E-state index in [9.17, 15) is 9.90 Å². The van der Waals surface area contributed by atoms with Gasteiger partial charge in [0, 0.05) is 22.7 Å². The molecule has 0 radical (unpaired) electrons. The topological polar surface area (TPSA) is 54.3 Å². The largest absolute Gasteiger partial charge is 0.394 e. The predicted molar refractivity (Wildman–Crippen MR) is 90.1 cm³/mol. The number of aromatic nitrogens is 1. The quantitative estimate of drug-likeness (QED) is 0.831. The van der Waals surface area contributed by atoms with Crippen molar-refractivity contribution in [1.29, 1.82) is 0 Å². The Morgan fingerprint density at radius 1 is 1.41 bits per heavy atom. The van der Waals surface area contributed by atoms with Crippen LogP contribution in [0.2, 0.25) is 5.02 Å². The van der Waals surface area contributed by atoms with E-state index in [1.54, 1.807) is 16.7 Å². The Kier molecular flexibility index (Phi) is 4.92. The summed E-state index contributed by atoms with van der Waals surface area (Å²) in [5.41, 5.74) is 0.722. The smallest absolute Gasteiger partial charge is 0.256 e. The molecule has 2 N–H and O–H groups in total. The SMILES string of the molecule is C#CCn1c(=O)c(CNC(C)(C)CO)cc2ccc(Cl)cc21. The fourth-order valence-electron chi connectivity index (χ4n) is 2.17. The summed E-state index contributed by atoms with van der Waals surface area (Å²) in [6.07, 6.45) is 5.38. The highest BCUT2D eigenvalue weighted by molar-refractivity contribution is 6.31. The molecule has 0 aliphatic rings. The number of pyridine rings is 1. The van der Waals surface area contributed by atoms with Gasteiger partial charge in [-0.25, -0.2) is 0 Å². The summed E-state index contributed by atoms with van der Waals surface area (Å²) in [7, 11) is 0. The number of hydrogen-bond donors (Lipinski definition) is 2. The van der Waals surface area contributed by atoms with Crippen molar-refractivity contribution >= 4 is 22.5 Å². The standard InChI is InChI=1S/C17H19ClN2O2/c1-4-7-20-15-9-14(18)6-5-12(15)8-13(16(20)22)10-19-17(2,3)11-21/h1,5-6,8-9,19,21H,7,10-11H2,2-3H3.